The third-order valence-electron chi connectivity index (χ3n) is 5.63. The normalized spacial score (nSPS) is 15.3. The van der Waals surface area contributed by atoms with Gasteiger partial charge in [0.25, 0.3) is 5.91 Å². The molecule has 1 aliphatic heterocycles. The number of piperazine rings is 1. The van der Waals surface area contributed by atoms with Crippen LogP contribution < -0.4 is 9.47 Å². The number of aromatic nitrogens is 1. The molecular formula is C22H25N3O5S. The molecule has 0 saturated carbocycles. The standard InChI is InChI=1S/C22H25N3O5S/c1-15-21(17-6-4-5-7-18(17)23-15)22(26)24-10-12-25(13-11-24)31(27,28)16-8-9-19(29-2)20(14-16)30-3/h4-9,14,23H,10-13H2,1-3H3. The predicted molar refractivity (Wildman–Crippen MR) is 117 cm³/mol. The van der Waals surface area contributed by atoms with Crippen molar-refractivity contribution in [2.75, 3.05) is 40.4 Å². The van der Waals surface area contributed by atoms with Crippen LogP contribution in [0.3, 0.4) is 0 Å². The maximum absolute atomic E-state index is 13.2. The zero-order valence-corrected chi connectivity index (χ0v) is 18.5. The summed E-state index contributed by atoms with van der Waals surface area (Å²) in [5, 5.41) is 0.880. The highest BCUT2D eigenvalue weighted by Crippen LogP contribution is 2.31. The minimum Gasteiger partial charge on any atom is -0.493 e. The minimum absolute atomic E-state index is 0.0851. The second-order valence-corrected chi connectivity index (χ2v) is 9.32. The maximum atomic E-state index is 13.2. The lowest BCUT2D eigenvalue weighted by Gasteiger charge is -2.34. The number of para-hydroxylation sites is 1. The highest BCUT2D eigenvalue weighted by atomic mass is 32.2. The molecule has 3 aromatic rings. The molecule has 2 heterocycles. The van der Waals surface area contributed by atoms with Gasteiger partial charge in [0.05, 0.1) is 24.7 Å². The Bertz CT molecular complexity index is 1230. The highest BCUT2D eigenvalue weighted by molar-refractivity contribution is 7.89. The first-order valence-electron chi connectivity index (χ1n) is 9.95. The number of carbonyl (C=O) groups is 1. The summed E-state index contributed by atoms with van der Waals surface area (Å²) in [5.41, 5.74) is 2.37. The lowest BCUT2D eigenvalue weighted by atomic mass is 10.1. The average molecular weight is 444 g/mol. The number of nitrogens with one attached hydrogen (secondary N) is 1. The van der Waals surface area contributed by atoms with Gasteiger partial charge in [-0.05, 0) is 25.1 Å². The second-order valence-electron chi connectivity index (χ2n) is 7.38. The molecule has 0 radical (unpaired) electrons. The lowest BCUT2D eigenvalue weighted by molar-refractivity contribution is 0.0699. The Labute approximate surface area is 181 Å². The van der Waals surface area contributed by atoms with Crippen molar-refractivity contribution in [2.45, 2.75) is 11.8 Å². The summed E-state index contributed by atoms with van der Waals surface area (Å²) < 4.78 is 38.0. The van der Waals surface area contributed by atoms with Crippen molar-refractivity contribution in [1.29, 1.82) is 0 Å². The van der Waals surface area contributed by atoms with E-state index in [1.807, 2.05) is 31.2 Å². The molecule has 1 amide bonds. The molecule has 2 aromatic carbocycles. The van der Waals surface area contributed by atoms with Gasteiger partial charge in [-0.25, -0.2) is 8.42 Å². The van der Waals surface area contributed by atoms with Gasteiger partial charge in [0.1, 0.15) is 0 Å². The van der Waals surface area contributed by atoms with Crippen LogP contribution in [0.4, 0.5) is 0 Å². The number of hydrogen-bond donors (Lipinski definition) is 1. The van der Waals surface area contributed by atoms with E-state index in [0.717, 1.165) is 16.6 Å². The highest BCUT2D eigenvalue weighted by Gasteiger charge is 2.32. The fraction of sp³-hybridized carbons (Fsp3) is 0.318. The number of aryl methyl sites for hydroxylation is 1. The third-order valence-corrected chi connectivity index (χ3v) is 7.52. The number of rotatable bonds is 5. The number of hydrogen-bond acceptors (Lipinski definition) is 5. The molecule has 8 nitrogen and oxygen atoms in total. The van der Waals surface area contributed by atoms with Crippen molar-refractivity contribution in [3.63, 3.8) is 0 Å². The molecule has 1 aliphatic rings. The average Bonchev–Trinajstić information content (AvgIpc) is 3.13. The number of methoxy groups -OCH3 is 2. The van der Waals surface area contributed by atoms with E-state index in [1.54, 1.807) is 11.0 Å². The summed E-state index contributed by atoms with van der Waals surface area (Å²) in [5.74, 6) is 0.733. The molecule has 1 saturated heterocycles. The van der Waals surface area contributed by atoms with Gasteiger partial charge in [0.2, 0.25) is 10.0 Å². The molecule has 164 valence electrons. The summed E-state index contributed by atoms with van der Waals surface area (Å²) in [6.45, 7) is 2.98. The van der Waals surface area contributed by atoms with Crippen LogP contribution in [0.2, 0.25) is 0 Å². The van der Waals surface area contributed by atoms with Crippen LogP contribution in [-0.2, 0) is 10.0 Å². The number of benzene rings is 2. The van der Waals surface area contributed by atoms with E-state index in [2.05, 4.69) is 4.98 Å². The SMILES string of the molecule is COc1ccc(S(=O)(=O)N2CCN(C(=O)c3c(C)[nH]c4ccccc34)CC2)cc1OC. The molecule has 0 unspecified atom stereocenters. The fourth-order valence-electron chi connectivity index (χ4n) is 3.97. The molecule has 0 atom stereocenters. The van der Waals surface area contributed by atoms with Crippen molar-refractivity contribution in [3.8, 4) is 11.5 Å². The Morgan fingerprint density at radius 2 is 1.65 bits per heavy atom. The Morgan fingerprint density at radius 3 is 2.32 bits per heavy atom. The van der Waals surface area contributed by atoms with Crippen LogP contribution in [0.5, 0.6) is 11.5 Å². The van der Waals surface area contributed by atoms with Gasteiger partial charge >= 0.3 is 0 Å². The first-order valence-corrected chi connectivity index (χ1v) is 11.4. The summed E-state index contributed by atoms with van der Waals surface area (Å²) in [7, 11) is -0.750. The lowest BCUT2D eigenvalue weighted by Crippen LogP contribution is -2.50. The summed E-state index contributed by atoms with van der Waals surface area (Å²) in [4.78, 5) is 18.3. The van der Waals surface area contributed by atoms with E-state index >= 15 is 0 Å². The summed E-state index contributed by atoms with van der Waals surface area (Å²) in [6, 6.07) is 12.2. The van der Waals surface area contributed by atoms with E-state index in [4.69, 9.17) is 9.47 Å². The van der Waals surface area contributed by atoms with E-state index in [0.29, 0.717) is 30.2 Å². The van der Waals surface area contributed by atoms with Crippen molar-refractivity contribution < 1.29 is 22.7 Å². The van der Waals surface area contributed by atoms with E-state index in [9.17, 15) is 13.2 Å². The summed E-state index contributed by atoms with van der Waals surface area (Å²) >= 11 is 0. The van der Waals surface area contributed by atoms with Crippen LogP contribution >= 0.6 is 0 Å². The van der Waals surface area contributed by atoms with Crippen molar-refractivity contribution in [1.82, 2.24) is 14.2 Å². The molecule has 1 N–H and O–H groups in total. The van der Waals surface area contributed by atoms with Gasteiger partial charge in [0.15, 0.2) is 11.5 Å². The zero-order chi connectivity index (χ0) is 22.2. The predicted octanol–water partition coefficient (Wildman–Crippen LogP) is 2.64. The van der Waals surface area contributed by atoms with Crippen LogP contribution in [0, 0.1) is 6.92 Å². The topological polar surface area (TPSA) is 91.9 Å². The van der Waals surface area contributed by atoms with E-state index in [1.165, 1.54) is 30.7 Å². The largest absolute Gasteiger partial charge is 0.493 e. The van der Waals surface area contributed by atoms with Gasteiger partial charge in [-0.3, -0.25) is 4.79 Å². The number of H-pyrrole nitrogens is 1. The van der Waals surface area contributed by atoms with Crippen molar-refractivity contribution >= 4 is 26.8 Å². The van der Waals surface area contributed by atoms with Crippen LogP contribution in [0.15, 0.2) is 47.4 Å². The quantitative estimate of drug-likeness (QED) is 0.655. The maximum Gasteiger partial charge on any atom is 0.256 e. The van der Waals surface area contributed by atoms with Gasteiger partial charge in [-0.15, -0.1) is 0 Å². The monoisotopic (exact) mass is 443 g/mol. The minimum atomic E-state index is -3.71. The van der Waals surface area contributed by atoms with E-state index in [-0.39, 0.29) is 23.9 Å². The van der Waals surface area contributed by atoms with Crippen LogP contribution in [-0.4, -0.2) is 68.9 Å². The van der Waals surface area contributed by atoms with Gasteiger partial charge in [-0.1, -0.05) is 18.2 Å². The molecule has 0 aliphatic carbocycles. The smallest absolute Gasteiger partial charge is 0.256 e. The Balaban J connectivity index is 1.51. The zero-order valence-electron chi connectivity index (χ0n) is 17.7. The van der Waals surface area contributed by atoms with Crippen molar-refractivity contribution in [2.24, 2.45) is 0 Å². The number of ether oxygens (including phenoxy) is 2. The molecule has 0 spiro atoms. The first kappa shape index (κ1) is 21.2. The number of amides is 1. The van der Waals surface area contributed by atoms with E-state index < -0.39 is 10.0 Å². The molecule has 4 rings (SSSR count). The van der Waals surface area contributed by atoms with Crippen LogP contribution in [0.25, 0.3) is 10.9 Å². The second kappa shape index (κ2) is 8.24. The Morgan fingerprint density at radius 1 is 0.968 bits per heavy atom. The molecular weight excluding hydrogens is 418 g/mol. The third kappa shape index (κ3) is 3.75. The van der Waals surface area contributed by atoms with Crippen molar-refractivity contribution in [3.05, 3.63) is 53.7 Å². The molecule has 1 aromatic heterocycles. The number of sulfonamides is 1. The fourth-order valence-corrected chi connectivity index (χ4v) is 5.41. The molecule has 1 fully saturated rings. The Kier molecular flexibility index (Phi) is 5.63. The Hall–Kier alpha value is -3.04. The summed E-state index contributed by atoms with van der Waals surface area (Å²) in [6.07, 6.45) is 0. The number of carbonyl (C=O) groups excluding carboxylic acids is 1. The van der Waals surface area contributed by atoms with Gasteiger partial charge in [-0.2, -0.15) is 4.31 Å². The van der Waals surface area contributed by atoms with Gasteiger partial charge in [0, 0.05) is 48.8 Å². The first-order chi connectivity index (χ1) is 14.9. The van der Waals surface area contributed by atoms with Gasteiger partial charge < -0.3 is 19.4 Å². The molecule has 0 bridgehead atoms. The number of nitrogens with zero attached hydrogens (tertiary/aromatic N) is 2. The molecule has 31 heavy (non-hydrogen) atoms. The molecule has 9 heteroatoms. The number of fused-ring (bicyclic) bond motifs is 1. The van der Waals surface area contributed by atoms with Crippen LogP contribution in [0.1, 0.15) is 16.1 Å². The number of aromatic amines is 1.